The van der Waals surface area contributed by atoms with Gasteiger partial charge in [0, 0.05) is 18.2 Å². The maximum Gasteiger partial charge on any atom is 0.309 e. The van der Waals surface area contributed by atoms with Crippen LogP contribution >= 0.6 is 11.3 Å². The van der Waals surface area contributed by atoms with Crippen molar-refractivity contribution in [3.05, 3.63) is 21.7 Å². The van der Waals surface area contributed by atoms with Crippen molar-refractivity contribution in [1.82, 2.24) is 4.98 Å². The third kappa shape index (κ3) is 7.08. The molecule has 2 aliphatic heterocycles. The molecule has 0 saturated carbocycles. The molecule has 1 aromatic rings. The van der Waals surface area contributed by atoms with Crippen LogP contribution in [0.2, 0.25) is 0 Å². The van der Waals surface area contributed by atoms with Crippen LogP contribution in [-0.2, 0) is 19.1 Å². The van der Waals surface area contributed by atoms with Crippen LogP contribution < -0.4 is 0 Å². The number of terminal acetylenes is 1. The quantitative estimate of drug-likeness (QED) is 0.336. The van der Waals surface area contributed by atoms with E-state index in [-0.39, 0.29) is 36.2 Å². The largest absolute Gasteiger partial charge is 0.458 e. The molecule has 8 heteroatoms. The third-order valence-corrected chi connectivity index (χ3v) is 8.88. The van der Waals surface area contributed by atoms with E-state index in [1.807, 2.05) is 32.2 Å². The molecule has 2 aliphatic rings. The van der Waals surface area contributed by atoms with Gasteiger partial charge in [-0.1, -0.05) is 27.2 Å². The van der Waals surface area contributed by atoms with Crippen LogP contribution in [0.3, 0.4) is 0 Å². The molecular formula is C29H41NO6S. The molecule has 0 radical (unpaired) electrons. The van der Waals surface area contributed by atoms with E-state index >= 15 is 0 Å². The Bertz CT molecular complexity index is 1060. The number of carbonyl (C=O) groups excluding carboxylic acids is 2. The number of aliphatic hydroxyl groups is 2. The van der Waals surface area contributed by atoms with Crippen molar-refractivity contribution >= 4 is 29.2 Å². The van der Waals surface area contributed by atoms with Gasteiger partial charge in [0.2, 0.25) is 0 Å². The first-order valence-corrected chi connectivity index (χ1v) is 14.0. The van der Waals surface area contributed by atoms with Gasteiger partial charge in [-0.25, -0.2) is 4.98 Å². The minimum atomic E-state index is -1.30. The van der Waals surface area contributed by atoms with E-state index in [4.69, 9.17) is 15.9 Å². The molecule has 1 aromatic heterocycles. The molecule has 0 bridgehead atoms. The minimum absolute atomic E-state index is 0.0655. The average Bonchev–Trinajstić information content (AvgIpc) is 3.27. The van der Waals surface area contributed by atoms with Crippen LogP contribution in [0.15, 0.2) is 11.0 Å². The summed E-state index contributed by atoms with van der Waals surface area (Å²) >= 11 is 1.55. The zero-order valence-electron chi connectivity index (χ0n) is 22.8. The fourth-order valence-electron chi connectivity index (χ4n) is 5.20. The molecule has 0 aliphatic carbocycles. The Hall–Kier alpha value is -2.05. The summed E-state index contributed by atoms with van der Waals surface area (Å²) in [5.74, 6) is 0.578. The number of Topliss-reactive ketones (excluding diaryl/α,β-unsaturated/α-hetero) is 1. The Morgan fingerprint density at radius 3 is 2.65 bits per heavy atom. The zero-order valence-corrected chi connectivity index (χ0v) is 23.6. The molecule has 2 saturated heterocycles. The number of carbonyl (C=O) groups is 2. The molecule has 204 valence electrons. The second-order valence-electron chi connectivity index (χ2n) is 11.5. The highest BCUT2D eigenvalue weighted by Gasteiger charge is 2.53. The summed E-state index contributed by atoms with van der Waals surface area (Å²) < 4.78 is 11.9. The van der Waals surface area contributed by atoms with Gasteiger partial charge in [-0.2, -0.15) is 0 Å². The van der Waals surface area contributed by atoms with E-state index in [0.717, 1.165) is 29.1 Å². The number of epoxide rings is 1. The lowest BCUT2D eigenvalue weighted by molar-refractivity contribution is -0.154. The maximum absolute atomic E-state index is 13.5. The van der Waals surface area contributed by atoms with E-state index in [0.29, 0.717) is 12.8 Å². The van der Waals surface area contributed by atoms with E-state index in [9.17, 15) is 19.8 Å². The molecule has 0 spiro atoms. The summed E-state index contributed by atoms with van der Waals surface area (Å²) in [7, 11) is 0. The second-order valence-corrected chi connectivity index (χ2v) is 12.6. The Labute approximate surface area is 224 Å². The Balaban J connectivity index is 1.89. The van der Waals surface area contributed by atoms with Crippen LogP contribution in [-0.4, -0.2) is 57.0 Å². The van der Waals surface area contributed by atoms with E-state index in [2.05, 4.69) is 17.8 Å². The number of hydrogen-bond donors (Lipinski definition) is 2. The van der Waals surface area contributed by atoms with Crippen LogP contribution in [0.5, 0.6) is 0 Å². The summed E-state index contributed by atoms with van der Waals surface area (Å²) in [6.45, 7) is 11.0. The van der Waals surface area contributed by atoms with E-state index in [1.165, 1.54) is 0 Å². The first-order chi connectivity index (χ1) is 17.3. The normalized spacial score (nSPS) is 35.8. The van der Waals surface area contributed by atoms with Gasteiger partial charge in [0.25, 0.3) is 0 Å². The highest BCUT2D eigenvalue weighted by molar-refractivity contribution is 7.09. The number of aliphatic hydroxyl groups excluding tert-OH is 2. The van der Waals surface area contributed by atoms with Gasteiger partial charge in [-0.05, 0) is 51.2 Å². The lowest BCUT2D eigenvalue weighted by Crippen LogP contribution is -2.46. The average molecular weight is 532 g/mol. The number of aromatic nitrogens is 1. The number of hydrogen-bond acceptors (Lipinski definition) is 8. The molecule has 3 heterocycles. The standard InChI is InChI=1S/C29H41NO6S/c1-8-10-21-26(33)17(2)11-9-12-29(7)24(36-29)14-22(18(3)13-20-16-37-19(4)30-20)35-25(32)15-23(31)28(5,6)27(21)34/h1,13,16-17,21-24,26,31,33H,9-12,14-15H2,2-7H3/b18-13+/t17-,21+,22-,23-,24-,26-,29+/m0/s1. The predicted octanol–water partition coefficient (Wildman–Crippen LogP) is 4.48. The number of thiazole rings is 1. The summed E-state index contributed by atoms with van der Waals surface area (Å²) in [5.41, 5.74) is 0.0174. The molecular weight excluding hydrogens is 490 g/mol. The molecule has 0 amide bonds. The van der Waals surface area contributed by atoms with Crippen LogP contribution in [0.4, 0.5) is 0 Å². The van der Waals surface area contributed by atoms with Crippen molar-refractivity contribution < 1.29 is 29.3 Å². The summed E-state index contributed by atoms with van der Waals surface area (Å²) in [6, 6.07) is 0. The zero-order chi connectivity index (χ0) is 27.5. The number of fused-ring (bicyclic) bond motifs is 1. The molecule has 0 unspecified atom stereocenters. The molecule has 7 nitrogen and oxygen atoms in total. The highest BCUT2D eigenvalue weighted by atomic mass is 32.1. The van der Waals surface area contributed by atoms with E-state index in [1.54, 1.807) is 25.2 Å². The first-order valence-electron chi connectivity index (χ1n) is 13.1. The topological polar surface area (TPSA) is 109 Å². The van der Waals surface area contributed by atoms with Crippen LogP contribution in [0.25, 0.3) is 6.08 Å². The second kappa shape index (κ2) is 11.8. The third-order valence-electron chi connectivity index (χ3n) is 8.09. The van der Waals surface area contributed by atoms with Crippen molar-refractivity contribution in [3.63, 3.8) is 0 Å². The molecule has 0 aromatic carbocycles. The summed E-state index contributed by atoms with van der Waals surface area (Å²) in [5, 5.41) is 24.9. The number of cyclic esters (lactones) is 1. The SMILES string of the molecule is C#CC[C@H]1C(=O)C(C)(C)[C@@H](O)CC(=O)O[C@H](/C(C)=C/c2csc(C)n2)C[C@@H]2O[C@]2(C)CCC[C@H](C)[C@@H]1O. The van der Waals surface area contributed by atoms with E-state index < -0.39 is 35.6 Å². The highest BCUT2D eigenvalue weighted by Crippen LogP contribution is 2.45. The van der Waals surface area contributed by atoms with Crippen molar-refractivity contribution in [2.24, 2.45) is 17.3 Å². The lowest BCUT2D eigenvalue weighted by atomic mass is 9.71. The predicted molar refractivity (Wildman–Crippen MR) is 144 cm³/mol. The lowest BCUT2D eigenvalue weighted by Gasteiger charge is -2.35. The molecule has 7 atom stereocenters. The van der Waals surface area contributed by atoms with Crippen LogP contribution in [0, 0.1) is 36.5 Å². The van der Waals surface area contributed by atoms with Crippen molar-refractivity contribution in [1.29, 1.82) is 0 Å². The van der Waals surface area contributed by atoms with Crippen molar-refractivity contribution in [2.75, 3.05) is 0 Å². The Morgan fingerprint density at radius 2 is 2.03 bits per heavy atom. The van der Waals surface area contributed by atoms with Crippen molar-refractivity contribution in [3.8, 4) is 12.3 Å². The fourth-order valence-corrected chi connectivity index (χ4v) is 5.77. The van der Waals surface area contributed by atoms with Gasteiger partial charge in [-0.15, -0.1) is 23.7 Å². The number of nitrogens with zero attached hydrogens (tertiary/aromatic N) is 1. The smallest absolute Gasteiger partial charge is 0.309 e. The number of esters is 1. The van der Waals surface area contributed by atoms with Crippen molar-refractivity contribution in [2.45, 2.75) is 110 Å². The first kappa shape index (κ1) is 29.5. The molecule has 3 rings (SSSR count). The van der Waals surface area contributed by atoms with Gasteiger partial charge >= 0.3 is 5.97 Å². The number of aryl methyl sites for hydroxylation is 1. The fraction of sp³-hybridized carbons (Fsp3) is 0.690. The maximum atomic E-state index is 13.5. The molecule has 2 N–H and O–H groups in total. The van der Waals surface area contributed by atoms with Gasteiger partial charge in [-0.3, -0.25) is 9.59 Å². The number of ether oxygens (including phenoxy) is 2. The Kier molecular flexibility index (Phi) is 9.39. The summed E-state index contributed by atoms with van der Waals surface area (Å²) in [4.78, 5) is 31.0. The van der Waals surface area contributed by atoms with Gasteiger partial charge in [0.1, 0.15) is 11.9 Å². The minimum Gasteiger partial charge on any atom is -0.458 e. The number of ketones is 1. The number of rotatable bonds is 3. The molecule has 2 fully saturated rings. The molecule has 37 heavy (non-hydrogen) atoms. The summed E-state index contributed by atoms with van der Waals surface area (Å²) in [6.07, 6.45) is 7.13. The monoisotopic (exact) mass is 531 g/mol. The Morgan fingerprint density at radius 1 is 1.32 bits per heavy atom. The van der Waals surface area contributed by atoms with Gasteiger partial charge in [0.05, 0.1) is 52.4 Å². The van der Waals surface area contributed by atoms with Crippen LogP contribution in [0.1, 0.15) is 83.8 Å². The van der Waals surface area contributed by atoms with Gasteiger partial charge in [0.15, 0.2) is 0 Å². The van der Waals surface area contributed by atoms with Gasteiger partial charge < -0.3 is 19.7 Å².